The SMILES string of the molecule is Cc1ccc(NC(=O)Cc2nc(CN3CCN(C(=O)C4COc5ccccc5O4)CC3)cs2)cc1. The number of amides is 2. The van der Waals surface area contributed by atoms with Crippen molar-refractivity contribution in [3.05, 3.63) is 70.2 Å². The number of para-hydroxylation sites is 2. The van der Waals surface area contributed by atoms with Crippen LogP contribution in [-0.2, 0) is 22.6 Å². The Morgan fingerprint density at radius 2 is 1.80 bits per heavy atom. The molecule has 8 nitrogen and oxygen atoms in total. The largest absolute Gasteiger partial charge is 0.485 e. The van der Waals surface area contributed by atoms with Gasteiger partial charge in [0.25, 0.3) is 5.91 Å². The van der Waals surface area contributed by atoms with Crippen LogP contribution in [0.2, 0.25) is 0 Å². The second-order valence-electron chi connectivity index (χ2n) is 8.79. The summed E-state index contributed by atoms with van der Waals surface area (Å²) in [5, 5.41) is 5.73. The fourth-order valence-corrected chi connectivity index (χ4v) is 4.97. The molecule has 1 atom stereocenters. The summed E-state index contributed by atoms with van der Waals surface area (Å²) in [5.74, 6) is 1.19. The lowest BCUT2D eigenvalue weighted by molar-refractivity contribution is -0.143. The van der Waals surface area contributed by atoms with Crippen LogP contribution in [0.1, 0.15) is 16.3 Å². The van der Waals surface area contributed by atoms with Gasteiger partial charge in [-0.3, -0.25) is 14.5 Å². The van der Waals surface area contributed by atoms with Gasteiger partial charge >= 0.3 is 0 Å². The minimum atomic E-state index is -0.608. The Morgan fingerprint density at radius 3 is 2.57 bits per heavy atom. The first-order valence-corrected chi connectivity index (χ1v) is 12.6. The van der Waals surface area contributed by atoms with E-state index in [0.717, 1.165) is 35.0 Å². The van der Waals surface area contributed by atoms with Crippen molar-refractivity contribution in [1.82, 2.24) is 14.8 Å². The summed E-state index contributed by atoms with van der Waals surface area (Å²) in [7, 11) is 0. The van der Waals surface area contributed by atoms with Crippen LogP contribution in [0.15, 0.2) is 53.9 Å². The number of piperazine rings is 1. The van der Waals surface area contributed by atoms with E-state index in [1.54, 1.807) is 0 Å². The number of carbonyl (C=O) groups excluding carboxylic acids is 2. The quantitative estimate of drug-likeness (QED) is 0.569. The van der Waals surface area contributed by atoms with Gasteiger partial charge in [0.05, 0.1) is 12.1 Å². The van der Waals surface area contributed by atoms with Gasteiger partial charge in [0.15, 0.2) is 11.5 Å². The van der Waals surface area contributed by atoms with Gasteiger partial charge in [0, 0.05) is 43.8 Å². The maximum Gasteiger partial charge on any atom is 0.267 e. The van der Waals surface area contributed by atoms with Gasteiger partial charge < -0.3 is 19.7 Å². The molecule has 1 N–H and O–H groups in total. The predicted molar refractivity (Wildman–Crippen MR) is 134 cm³/mol. The highest BCUT2D eigenvalue weighted by atomic mass is 32.1. The Bertz CT molecular complexity index is 1190. The molecule has 2 aromatic carbocycles. The van der Waals surface area contributed by atoms with Gasteiger partial charge in [0.1, 0.15) is 11.6 Å². The van der Waals surface area contributed by atoms with Crippen LogP contribution in [-0.4, -0.2) is 65.5 Å². The summed E-state index contributed by atoms with van der Waals surface area (Å²) in [5.41, 5.74) is 2.90. The predicted octanol–water partition coefficient (Wildman–Crippen LogP) is 3.12. The third-order valence-corrected chi connectivity index (χ3v) is 7.00. The van der Waals surface area contributed by atoms with Crippen LogP contribution in [0, 0.1) is 6.92 Å². The van der Waals surface area contributed by atoms with Crippen LogP contribution in [0.25, 0.3) is 0 Å². The number of benzene rings is 2. The first-order chi connectivity index (χ1) is 17.0. The minimum absolute atomic E-state index is 0.0327. The standard InChI is InChI=1S/C26H28N4O4S/c1-18-6-8-19(9-7-18)27-24(31)14-25-28-20(17-35-25)15-29-10-12-30(13-11-29)26(32)23-16-33-21-4-2-3-5-22(21)34-23/h2-9,17,23H,10-16H2,1H3,(H,27,31). The lowest BCUT2D eigenvalue weighted by atomic mass is 10.2. The van der Waals surface area contributed by atoms with Gasteiger partial charge in [0.2, 0.25) is 12.0 Å². The number of thiazole rings is 1. The molecular formula is C26H28N4O4S. The molecule has 0 spiro atoms. The smallest absolute Gasteiger partial charge is 0.267 e. The highest BCUT2D eigenvalue weighted by Gasteiger charge is 2.32. The zero-order chi connectivity index (χ0) is 24.2. The lowest BCUT2D eigenvalue weighted by Crippen LogP contribution is -2.53. The number of rotatable bonds is 6. The molecular weight excluding hydrogens is 464 g/mol. The summed E-state index contributed by atoms with van der Waals surface area (Å²) in [6.07, 6.45) is -0.350. The molecule has 1 saturated heterocycles. The van der Waals surface area contributed by atoms with E-state index in [1.165, 1.54) is 11.3 Å². The number of hydrogen-bond donors (Lipinski definition) is 1. The Balaban J connectivity index is 1.07. The summed E-state index contributed by atoms with van der Waals surface area (Å²) in [6, 6.07) is 15.2. The summed E-state index contributed by atoms with van der Waals surface area (Å²) in [4.78, 5) is 34.1. The number of ether oxygens (including phenoxy) is 2. The number of aryl methyl sites for hydroxylation is 1. The van der Waals surface area contributed by atoms with E-state index in [1.807, 2.05) is 65.7 Å². The molecule has 0 saturated carbocycles. The Labute approximate surface area is 208 Å². The van der Waals surface area contributed by atoms with Crippen LogP contribution < -0.4 is 14.8 Å². The molecule has 5 rings (SSSR count). The Hall–Kier alpha value is -3.43. The third kappa shape index (κ3) is 5.80. The van der Waals surface area contributed by atoms with Gasteiger partial charge in [-0.2, -0.15) is 0 Å². The summed E-state index contributed by atoms with van der Waals surface area (Å²) in [6.45, 7) is 5.74. The third-order valence-electron chi connectivity index (χ3n) is 6.10. The number of nitrogens with one attached hydrogen (secondary N) is 1. The molecule has 2 amide bonds. The number of fused-ring (bicyclic) bond motifs is 1. The lowest BCUT2D eigenvalue weighted by Gasteiger charge is -2.36. The van der Waals surface area contributed by atoms with Crippen LogP contribution in [0.5, 0.6) is 11.5 Å². The minimum Gasteiger partial charge on any atom is -0.485 e. The van der Waals surface area contributed by atoms with E-state index in [4.69, 9.17) is 9.47 Å². The fourth-order valence-electron chi connectivity index (χ4n) is 4.18. The van der Waals surface area contributed by atoms with Crippen molar-refractivity contribution < 1.29 is 19.1 Å². The maximum atomic E-state index is 12.9. The molecule has 182 valence electrons. The molecule has 3 aromatic rings. The van der Waals surface area contributed by atoms with Gasteiger partial charge in [-0.25, -0.2) is 4.98 Å². The first-order valence-electron chi connectivity index (χ1n) is 11.7. The van der Waals surface area contributed by atoms with Crippen molar-refractivity contribution in [2.45, 2.75) is 26.0 Å². The number of hydrogen-bond acceptors (Lipinski definition) is 7. The molecule has 3 heterocycles. The summed E-state index contributed by atoms with van der Waals surface area (Å²) < 4.78 is 11.6. The molecule has 1 unspecified atom stereocenters. The zero-order valence-corrected chi connectivity index (χ0v) is 20.4. The van der Waals surface area contributed by atoms with Crippen LogP contribution in [0.4, 0.5) is 5.69 Å². The average Bonchev–Trinajstić information content (AvgIpc) is 3.31. The highest BCUT2D eigenvalue weighted by molar-refractivity contribution is 7.09. The van der Waals surface area contributed by atoms with Crippen molar-refractivity contribution in [3.8, 4) is 11.5 Å². The van der Waals surface area contributed by atoms with Crippen molar-refractivity contribution in [2.75, 3.05) is 38.1 Å². The van der Waals surface area contributed by atoms with E-state index in [-0.39, 0.29) is 24.8 Å². The van der Waals surface area contributed by atoms with Crippen molar-refractivity contribution in [1.29, 1.82) is 0 Å². The first kappa shape index (κ1) is 23.3. The Kier molecular flexibility index (Phi) is 6.96. The van der Waals surface area contributed by atoms with Gasteiger partial charge in [-0.15, -0.1) is 11.3 Å². The monoisotopic (exact) mass is 492 g/mol. The molecule has 0 radical (unpaired) electrons. The number of carbonyl (C=O) groups is 2. The molecule has 35 heavy (non-hydrogen) atoms. The number of nitrogens with zero attached hydrogens (tertiary/aromatic N) is 3. The van der Waals surface area contributed by atoms with Crippen LogP contribution >= 0.6 is 11.3 Å². The molecule has 2 aliphatic rings. The van der Waals surface area contributed by atoms with E-state index in [9.17, 15) is 9.59 Å². The molecule has 0 bridgehead atoms. The van der Waals surface area contributed by atoms with Crippen LogP contribution in [0.3, 0.4) is 0 Å². The van der Waals surface area contributed by atoms with E-state index >= 15 is 0 Å². The molecule has 1 fully saturated rings. The van der Waals surface area contributed by atoms with Crippen molar-refractivity contribution in [2.24, 2.45) is 0 Å². The average molecular weight is 493 g/mol. The topological polar surface area (TPSA) is 84.0 Å². The second-order valence-corrected chi connectivity index (χ2v) is 9.73. The molecule has 1 aromatic heterocycles. The zero-order valence-electron chi connectivity index (χ0n) is 19.6. The fraction of sp³-hybridized carbons (Fsp3) is 0.346. The van der Waals surface area contributed by atoms with E-state index in [2.05, 4.69) is 15.2 Å². The van der Waals surface area contributed by atoms with E-state index < -0.39 is 6.10 Å². The van der Waals surface area contributed by atoms with Gasteiger partial charge in [-0.05, 0) is 31.2 Å². The molecule has 2 aliphatic heterocycles. The second kappa shape index (κ2) is 10.5. The maximum absolute atomic E-state index is 12.9. The van der Waals surface area contributed by atoms with Crippen molar-refractivity contribution in [3.63, 3.8) is 0 Å². The van der Waals surface area contributed by atoms with E-state index in [0.29, 0.717) is 31.1 Å². The summed E-state index contributed by atoms with van der Waals surface area (Å²) >= 11 is 1.50. The normalized spacial score (nSPS) is 17.7. The van der Waals surface area contributed by atoms with Gasteiger partial charge in [-0.1, -0.05) is 29.8 Å². The molecule has 9 heteroatoms. The molecule has 0 aliphatic carbocycles. The number of aromatic nitrogens is 1. The highest BCUT2D eigenvalue weighted by Crippen LogP contribution is 2.31. The Morgan fingerprint density at radius 1 is 1.06 bits per heavy atom. The van der Waals surface area contributed by atoms with Crippen molar-refractivity contribution >= 4 is 28.8 Å². The number of anilines is 1.